The molecule has 1 amide bonds. The summed E-state index contributed by atoms with van der Waals surface area (Å²) < 4.78 is 11.4. The van der Waals surface area contributed by atoms with E-state index in [0.29, 0.717) is 45.3 Å². The van der Waals surface area contributed by atoms with Gasteiger partial charge in [-0.25, -0.2) is 0 Å². The van der Waals surface area contributed by atoms with Gasteiger partial charge in [-0.2, -0.15) is 5.26 Å². The van der Waals surface area contributed by atoms with E-state index in [1.54, 1.807) is 0 Å². The maximum atomic E-state index is 12.3. The first-order chi connectivity index (χ1) is 12.0. The van der Waals surface area contributed by atoms with E-state index in [4.69, 9.17) is 9.47 Å². The Kier molecular flexibility index (Phi) is 5.41. The molecule has 0 bridgehead atoms. The van der Waals surface area contributed by atoms with Gasteiger partial charge in [0.2, 0.25) is 5.91 Å². The predicted molar refractivity (Wildman–Crippen MR) is 93.7 cm³/mol. The summed E-state index contributed by atoms with van der Waals surface area (Å²) in [4.78, 5) is 12.3. The van der Waals surface area contributed by atoms with Crippen LogP contribution in [0.2, 0.25) is 0 Å². The molecule has 0 unspecified atom stereocenters. The monoisotopic (exact) mass is 342 g/mol. The van der Waals surface area contributed by atoms with E-state index in [1.165, 1.54) is 11.1 Å². The van der Waals surface area contributed by atoms with Crippen LogP contribution in [0.5, 0.6) is 0 Å². The Bertz CT molecular complexity index is 632. The minimum atomic E-state index is -0.776. The highest BCUT2D eigenvalue weighted by molar-refractivity contribution is 5.77. The molecule has 134 valence electrons. The second-order valence-corrected chi connectivity index (χ2v) is 7.19. The molecule has 1 saturated heterocycles. The summed E-state index contributed by atoms with van der Waals surface area (Å²) in [6.07, 6.45) is 4.56. The van der Waals surface area contributed by atoms with Gasteiger partial charge in [0, 0.05) is 19.3 Å². The molecule has 1 saturated carbocycles. The molecule has 2 fully saturated rings. The number of carbonyl (C=O) groups is 1. The first-order valence-corrected chi connectivity index (χ1v) is 9.11. The molecular formula is C20H26N2O3. The molecule has 3 rings (SSSR count). The third-order valence-corrected chi connectivity index (χ3v) is 5.26. The number of benzene rings is 1. The lowest BCUT2D eigenvalue weighted by Gasteiger charge is -2.40. The largest absolute Gasteiger partial charge is 0.348 e. The maximum absolute atomic E-state index is 12.3. The van der Waals surface area contributed by atoms with Crippen LogP contribution in [0, 0.1) is 18.3 Å². The second-order valence-electron chi connectivity index (χ2n) is 7.19. The molecule has 1 heterocycles. The minimum absolute atomic E-state index is 0.0436. The fraction of sp³-hybridized carbons (Fsp3) is 0.600. The van der Waals surface area contributed by atoms with Crippen LogP contribution >= 0.6 is 0 Å². The van der Waals surface area contributed by atoms with Gasteiger partial charge < -0.3 is 14.8 Å². The zero-order chi connectivity index (χ0) is 17.8. The van der Waals surface area contributed by atoms with Crippen LogP contribution in [0.15, 0.2) is 24.3 Å². The molecule has 1 aromatic rings. The number of aryl methyl sites for hydroxylation is 2. The highest BCUT2D eigenvalue weighted by Crippen LogP contribution is 2.40. The molecule has 2 aliphatic rings. The van der Waals surface area contributed by atoms with Gasteiger partial charge >= 0.3 is 0 Å². The summed E-state index contributed by atoms with van der Waals surface area (Å²) in [7, 11) is 0. The summed E-state index contributed by atoms with van der Waals surface area (Å²) in [5, 5.41) is 12.6. The molecule has 0 radical (unpaired) electrons. The van der Waals surface area contributed by atoms with Crippen molar-refractivity contribution in [2.75, 3.05) is 13.2 Å². The van der Waals surface area contributed by atoms with Crippen LogP contribution in [0.1, 0.15) is 49.7 Å². The number of nitrogens with one attached hydrogen (secondary N) is 1. The van der Waals surface area contributed by atoms with Crippen molar-refractivity contribution < 1.29 is 14.3 Å². The van der Waals surface area contributed by atoms with Crippen LogP contribution in [0.3, 0.4) is 0 Å². The average molecular weight is 342 g/mol. The summed E-state index contributed by atoms with van der Waals surface area (Å²) in [5.41, 5.74) is 1.70. The third-order valence-electron chi connectivity index (χ3n) is 5.26. The lowest BCUT2D eigenvalue weighted by molar-refractivity contribution is -0.183. The van der Waals surface area contributed by atoms with E-state index in [-0.39, 0.29) is 5.91 Å². The zero-order valence-electron chi connectivity index (χ0n) is 14.8. The number of rotatable bonds is 5. The summed E-state index contributed by atoms with van der Waals surface area (Å²) in [6, 6.07) is 10.7. The highest BCUT2D eigenvalue weighted by atomic mass is 16.7. The predicted octanol–water partition coefficient (Wildman–Crippen LogP) is 3.01. The van der Waals surface area contributed by atoms with E-state index in [1.807, 2.05) is 0 Å². The highest BCUT2D eigenvalue weighted by Gasteiger charge is 2.47. The third kappa shape index (κ3) is 4.39. The molecule has 1 aromatic carbocycles. The van der Waals surface area contributed by atoms with Gasteiger partial charge in [-0.15, -0.1) is 0 Å². The number of amides is 1. The summed E-state index contributed by atoms with van der Waals surface area (Å²) in [6.45, 7) is 3.30. The molecule has 0 aromatic heterocycles. The maximum Gasteiger partial charge on any atom is 0.221 e. The van der Waals surface area contributed by atoms with Crippen LogP contribution in [-0.4, -0.2) is 30.4 Å². The van der Waals surface area contributed by atoms with Crippen LogP contribution in [0.4, 0.5) is 0 Å². The van der Waals surface area contributed by atoms with Crippen LogP contribution in [-0.2, 0) is 20.7 Å². The number of hydrogen-bond acceptors (Lipinski definition) is 4. The van der Waals surface area contributed by atoms with Gasteiger partial charge in [0.05, 0.1) is 19.3 Å². The van der Waals surface area contributed by atoms with Gasteiger partial charge in [0.15, 0.2) is 5.79 Å². The number of nitriles is 1. The average Bonchev–Trinajstić information content (AvgIpc) is 3.08. The standard InChI is InChI=1S/C20H26N2O3/c1-16-5-7-17(8-6-16)3-2-4-18(23)22-19(15-21)9-11-20(12-10-19)24-13-14-25-20/h5-8H,2-4,9-14H2,1H3,(H,22,23). The van der Waals surface area contributed by atoms with Crippen LogP contribution < -0.4 is 5.32 Å². The SMILES string of the molecule is Cc1ccc(CCCC(=O)NC2(C#N)CCC3(CC2)OCCO3)cc1. The van der Waals surface area contributed by atoms with Gasteiger partial charge in [-0.3, -0.25) is 4.79 Å². The van der Waals surface area contributed by atoms with Crippen molar-refractivity contribution in [3.8, 4) is 6.07 Å². The molecule has 25 heavy (non-hydrogen) atoms. The number of carbonyl (C=O) groups excluding carboxylic acids is 1. The lowest BCUT2D eigenvalue weighted by atomic mass is 9.79. The fourth-order valence-electron chi connectivity index (χ4n) is 3.65. The lowest BCUT2D eigenvalue weighted by Crippen LogP contribution is -2.53. The van der Waals surface area contributed by atoms with Gasteiger partial charge in [-0.1, -0.05) is 29.8 Å². The molecule has 5 heteroatoms. The number of nitrogens with zero attached hydrogens (tertiary/aromatic N) is 1. The molecular weight excluding hydrogens is 316 g/mol. The van der Waals surface area contributed by atoms with E-state index >= 15 is 0 Å². The van der Waals surface area contributed by atoms with Crippen molar-refractivity contribution in [3.05, 3.63) is 35.4 Å². The van der Waals surface area contributed by atoms with Crippen molar-refractivity contribution in [2.45, 2.75) is 63.2 Å². The summed E-state index contributed by atoms with van der Waals surface area (Å²) in [5.74, 6) is -0.561. The molecule has 1 aliphatic carbocycles. The van der Waals surface area contributed by atoms with Crippen molar-refractivity contribution in [2.24, 2.45) is 0 Å². The first kappa shape index (κ1) is 17.9. The Labute approximate surface area is 149 Å². The Morgan fingerprint density at radius 3 is 2.40 bits per heavy atom. The smallest absolute Gasteiger partial charge is 0.221 e. The minimum Gasteiger partial charge on any atom is -0.348 e. The van der Waals surface area contributed by atoms with Gasteiger partial charge in [-0.05, 0) is 38.2 Å². The molecule has 1 N–H and O–H groups in total. The Morgan fingerprint density at radius 1 is 1.16 bits per heavy atom. The zero-order valence-corrected chi connectivity index (χ0v) is 14.8. The van der Waals surface area contributed by atoms with E-state index in [9.17, 15) is 10.1 Å². The quantitative estimate of drug-likeness (QED) is 0.893. The Morgan fingerprint density at radius 2 is 1.80 bits per heavy atom. The molecule has 1 spiro atoms. The van der Waals surface area contributed by atoms with E-state index in [2.05, 4.69) is 42.6 Å². The van der Waals surface area contributed by atoms with Crippen molar-refractivity contribution in [3.63, 3.8) is 0 Å². The topological polar surface area (TPSA) is 71.4 Å². The van der Waals surface area contributed by atoms with Crippen molar-refractivity contribution in [1.82, 2.24) is 5.32 Å². The Hall–Kier alpha value is -1.90. The number of hydrogen-bond donors (Lipinski definition) is 1. The Balaban J connectivity index is 1.46. The normalized spacial score (nSPS) is 21.0. The summed E-state index contributed by atoms with van der Waals surface area (Å²) >= 11 is 0. The van der Waals surface area contributed by atoms with E-state index < -0.39 is 11.3 Å². The fourth-order valence-corrected chi connectivity index (χ4v) is 3.65. The number of ether oxygens (including phenoxy) is 2. The molecule has 5 nitrogen and oxygen atoms in total. The van der Waals surface area contributed by atoms with Crippen molar-refractivity contribution >= 4 is 5.91 Å². The molecule has 0 atom stereocenters. The second kappa shape index (κ2) is 7.55. The van der Waals surface area contributed by atoms with Crippen LogP contribution in [0.25, 0.3) is 0 Å². The first-order valence-electron chi connectivity index (χ1n) is 9.11. The van der Waals surface area contributed by atoms with Gasteiger partial charge in [0.25, 0.3) is 0 Å². The molecule has 1 aliphatic heterocycles. The van der Waals surface area contributed by atoms with Gasteiger partial charge in [0.1, 0.15) is 5.54 Å². The van der Waals surface area contributed by atoms with E-state index in [0.717, 1.165) is 12.8 Å². The van der Waals surface area contributed by atoms with Crippen molar-refractivity contribution in [1.29, 1.82) is 5.26 Å².